The first-order valence-corrected chi connectivity index (χ1v) is 7.04. The zero-order valence-electron chi connectivity index (χ0n) is 12.7. The lowest BCUT2D eigenvalue weighted by molar-refractivity contribution is 0.580. The number of aromatic nitrogens is 2. The summed E-state index contributed by atoms with van der Waals surface area (Å²) in [5, 5.41) is 3.30. The quantitative estimate of drug-likeness (QED) is 0.887. The maximum Gasteiger partial charge on any atom is 0.147 e. The SMILES string of the molecule is CC(C)NCc1cnc(N(C)Cc2ccc(F)cc2)cn1. The molecule has 2 rings (SSSR count). The van der Waals surface area contributed by atoms with Crippen molar-refractivity contribution in [2.24, 2.45) is 0 Å². The van der Waals surface area contributed by atoms with Gasteiger partial charge in [-0.1, -0.05) is 26.0 Å². The van der Waals surface area contributed by atoms with Gasteiger partial charge in [0, 0.05) is 26.2 Å². The minimum Gasteiger partial charge on any atom is -0.354 e. The van der Waals surface area contributed by atoms with Crippen LogP contribution in [0.25, 0.3) is 0 Å². The number of hydrogen-bond donors (Lipinski definition) is 1. The number of nitrogens with zero attached hydrogens (tertiary/aromatic N) is 3. The van der Waals surface area contributed by atoms with Crippen LogP contribution in [-0.4, -0.2) is 23.1 Å². The molecule has 1 aromatic carbocycles. The molecule has 1 heterocycles. The van der Waals surface area contributed by atoms with Crippen molar-refractivity contribution < 1.29 is 4.39 Å². The molecule has 5 heteroatoms. The van der Waals surface area contributed by atoms with E-state index >= 15 is 0 Å². The van der Waals surface area contributed by atoms with E-state index < -0.39 is 0 Å². The Hall–Kier alpha value is -2.01. The Balaban J connectivity index is 1.96. The van der Waals surface area contributed by atoms with Crippen LogP contribution in [0.15, 0.2) is 36.7 Å². The fourth-order valence-corrected chi connectivity index (χ4v) is 1.89. The van der Waals surface area contributed by atoms with Crippen molar-refractivity contribution in [3.05, 3.63) is 53.7 Å². The Bertz CT molecular complexity index is 551. The van der Waals surface area contributed by atoms with E-state index in [1.807, 2.05) is 11.9 Å². The second-order valence-electron chi connectivity index (χ2n) is 5.38. The van der Waals surface area contributed by atoms with Gasteiger partial charge in [-0.05, 0) is 17.7 Å². The van der Waals surface area contributed by atoms with Crippen molar-refractivity contribution in [2.75, 3.05) is 11.9 Å². The van der Waals surface area contributed by atoms with Crippen LogP contribution in [0.4, 0.5) is 10.2 Å². The second-order valence-corrected chi connectivity index (χ2v) is 5.38. The van der Waals surface area contributed by atoms with E-state index in [9.17, 15) is 4.39 Å². The van der Waals surface area contributed by atoms with Gasteiger partial charge in [-0.2, -0.15) is 0 Å². The minimum absolute atomic E-state index is 0.219. The number of hydrogen-bond acceptors (Lipinski definition) is 4. The fraction of sp³-hybridized carbons (Fsp3) is 0.375. The Morgan fingerprint density at radius 3 is 2.43 bits per heavy atom. The summed E-state index contributed by atoms with van der Waals surface area (Å²) in [5.74, 6) is 0.579. The van der Waals surface area contributed by atoms with Crippen LogP contribution in [0.1, 0.15) is 25.1 Å². The summed E-state index contributed by atoms with van der Waals surface area (Å²) < 4.78 is 12.9. The van der Waals surface area contributed by atoms with Gasteiger partial charge < -0.3 is 10.2 Å². The molecule has 0 aliphatic rings. The average Bonchev–Trinajstić information content (AvgIpc) is 2.48. The first-order valence-electron chi connectivity index (χ1n) is 7.04. The number of anilines is 1. The third-order valence-corrected chi connectivity index (χ3v) is 3.11. The lowest BCUT2D eigenvalue weighted by Gasteiger charge is -2.18. The highest BCUT2D eigenvalue weighted by molar-refractivity contribution is 5.36. The molecule has 0 fully saturated rings. The third-order valence-electron chi connectivity index (χ3n) is 3.11. The van der Waals surface area contributed by atoms with Gasteiger partial charge in [0.1, 0.15) is 11.6 Å². The topological polar surface area (TPSA) is 41.1 Å². The fourth-order valence-electron chi connectivity index (χ4n) is 1.89. The summed E-state index contributed by atoms with van der Waals surface area (Å²) in [6.45, 7) is 5.57. The normalized spacial score (nSPS) is 10.9. The number of benzene rings is 1. The molecule has 0 aliphatic heterocycles. The van der Waals surface area contributed by atoms with Gasteiger partial charge in [-0.3, -0.25) is 4.98 Å². The molecular formula is C16H21FN4. The van der Waals surface area contributed by atoms with Crippen LogP contribution in [0.5, 0.6) is 0 Å². The molecule has 0 saturated carbocycles. The van der Waals surface area contributed by atoms with Crippen molar-refractivity contribution in [1.82, 2.24) is 15.3 Å². The van der Waals surface area contributed by atoms with E-state index in [0.29, 0.717) is 19.1 Å². The number of nitrogens with one attached hydrogen (secondary N) is 1. The van der Waals surface area contributed by atoms with Crippen LogP contribution in [0, 0.1) is 5.82 Å². The highest BCUT2D eigenvalue weighted by Crippen LogP contribution is 2.12. The van der Waals surface area contributed by atoms with Crippen molar-refractivity contribution in [3.63, 3.8) is 0 Å². The molecule has 2 aromatic rings. The van der Waals surface area contributed by atoms with E-state index in [4.69, 9.17) is 0 Å². The predicted molar refractivity (Wildman–Crippen MR) is 82.5 cm³/mol. The second kappa shape index (κ2) is 7.13. The maximum absolute atomic E-state index is 12.9. The van der Waals surface area contributed by atoms with E-state index in [-0.39, 0.29) is 5.82 Å². The van der Waals surface area contributed by atoms with E-state index in [2.05, 4.69) is 29.1 Å². The Labute approximate surface area is 125 Å². The van der Waals surface area contributed by atoms with Crippen LogP contribution in [0.3, 0.4) is 0 Å². The van der Waals surface area contributed by atoms with Crippen molar-refractivity contribution >= 4 is 5.82 Å². The zero-order chi connectivity index (χ0) is 15.2. The highest BCUT2D eigenvalue weighted by atomic mass is 19.1. The lowest BCUT2D eigenvalue weighted by atomic mass is 10.2. The smallest absolute Gasteiger partial charge is 0.147 e. The maximum atomic E-state index is 12.9. The molecule has 1 N–H and O–H groups in total. The third kappa shape index (κ3) is 4.79. The van der Waals surface area contributed by atoms with Crippen LogP contribution < -0.4 is 10.2 Å². The van der Waals surface area contributed by atoms with Gasteiger partial charge in [-0.25, -0.2) is 9.37 Å². The average molecular weight is 288 g/mol. The molecule has 0 unspecified atom stereocenters. The summed E-state index contributed by atoms with van der Waals surface area (Å²) in [6.07, 6.45) is 3.55. The van der Waals surface area contributed by atoms with Gasteiger partial charge in [0.05, 0.1) is 18.1 Å². The Morgan fingerprint density at radius 2 is 1.86 bits per heavy atom. The lowest BCUT2D eigenvalue weighted by Crippen LogP contribution is -2.23. The Morgan fingerprint density at radius 1 is 1.14 bits per heavy atom. The van der Waals surface area contributed by atoms with E-state index in [0.717, 1.165) is 17.1 Å². The molecule has 0 saturated heterocycles. The van der Waals surface area contributed by atoms with Crippen molar-refractivity contribution in [1.29, 1.82) is 0 Å². The first kappa shape index (κ1) is 15.4. The van der Waals surface area contributed by atoms with Gasteiger partial charge in [0.25, 0.3) is 0 Å². The van der Waals surface area contributed by atoms with E-state index in [1.54, 1.807) is 24.5 Å². The summed E-state index contributed by atoms with van der Waals surface area (Å²) in [5.41, 5.74) is 1.95. The molecule has 1 aromatic heterocycles. The summed E-state index contributed by atoms with van der Waals surface area (Å²) in [4.78, 5) is 10.8. The molecule has 0 bridgehead atoms. The summed E-state index contributed by atoms with van der Waals surface area (Å²) >= 11 is 0. The Kier molecular flexibility index (Phi) is 5.22. The van der Waals surface area contributed by atoms with Gasteiger partial charge in [-0.15, -0.1) is 0 Å². The van der Waals surface area contributed by atoms with Crippen LogP contribution >= 0.6 is 0 Å². The zero-order valence-corrected chi connectivity index (χ0v) is 12.7. The monoisotopic (exact) mass is 288 g/mol. The van der Waals surface area contributed by atoms with Gasteiger partial charge >= 0.3 is 0 Å². The number of halogens is 1. The minimum atomic E-state index is -0.219. The molecule has 0 spiro atoms. The molecule has 21 heavy (non-hydrogen) atoms. The van der Waals surface area contributed by atoms with Crippen molar-refractivity contribution in [2.45, 2.75) is 33.0 Å². The van der Waals surface area contributed by atoms with Gasteiger partial charge in [0.15, 0.2) is 0 Å². The largest absolute Gasteiger partial charge is 0.354 e. The van der Waals surface area contributed by atoms with Crippen molar-refractivity contribution in [3.8, 4) is 0 Å². The van der Waals surface area contributed by atoms with E-state index in [1.165, 1.54) is 12.1 Å². The molecule has 0 amide bonds. The molecule has 0 atom stereocenters. The summed E-state index contributed by atoms with van der Waals surface area (Å²) in [6, 6.07) is 6.92. The molecule has 4 nitrogen and oxygen atoms in total. The summed E-state index contributed by atoms with van der Waals surface area (Å²) in [7, 11) is 1.94. The number of rotatable bonds is 6. The first-order chi connectivity index (χ1) is 10.0. The molecule has 0 radical (unpaired) electrons. The molecule has 112 valence electrons. The predicted octanol–water partition coefficient (Wildman–Crippen LogP) is 2.75. The standard InChI is InChI=1S/C16H21FN4/c1-12(2)18-8-15-9-20-16(10-19-15)21(3)11-13-4-6-14(17)7-5-13/h4-7,9-10,12,18H,8,11H2,1-3H3. The van der Waals surface area contributed by atoms with Crippen LogP contribution in [0.2, 0.25) is 0 Å². The highest BCUT2D eigenvalue weighted by Gasteiger charge is 2.05. The molecule has 0 aliphatic carbocycles. The van der Waals surface area contributed by atoms with Crippen LogP contribution in [-0.2, 0) is 13.1 Å². The van der Waals surface area contributed by atoms with Gasteiger partial charge in [0.2, 0.25) is 0 Å². The molecular weight excluding hydrogens is 267 g/mol.